The van der Waals surface area contributed by atoms with Gasteiger partial charge in [0.1, 0.15) is 11.3 Å². The van der Waals surface area contributed by atoms with Gasteiger partial charge in [-0.2, -0.15) is 0 Å². The number of halogens is 1. The molecule has 0 unspecified atom stereocenters. The van der Waals surface area contributed by atoms with Gasteiger partial charge in [-0.3, -0.25) is 4.90 Å². The molecule has 0 bridgehead atoms. The summed E-state index contributed by atoms with van der Waals surface area (Å²) in [5.41, 5.74) is 3.13. The minimum absolute atomic E-state index is 0.600. The third-order valence-corrected chi connectivity index (χ3v) is 4.39. The second kappa shape index (κ2) is 6.32. The molecule has 1 saturated carbocycles. The molecule has 0 atom stereocenters. The van der Waals surface area contributed by atoms with Gasteiger partial charge in [-0.1, -0.05) is 6.92 Å². The zero-order valence-corrected chi connectivity index (χ0v) is 13.6. The summed E-state index contributed by atoms with van der Waals surface area (Å²) in [5.74, 6) is 1.66. The van der Waals surface area contributed by atoms with Crippen molar-refractivity contribution in [1.29, 1.82) is 0 Å². The summed E-state index contributed by atoms with van der Waals surface area (Å²) in [4.78, 5) is 11.9. The molecule has 0 radical (unpaired) electrons. The van der Waals surface area contributed by atoms with Crippen LogP contribution in [0.1, 0.15) is 31.2 Å². The Morgan fingerprint density at radius 1 is 1.43 bits per heavy atom. The first kappa shape index (κ1) is 14.8. The number of fused-ring (bicyclic) bond motifs is 1. The standard InChI is InChI=1S/C16H23ClN4/c1-3-20(13-4-5-13)8-9-21-15(6-7-17)19-14-10-12(2)11-18-16(14)21/h10-11,13H,3-9H2,1-2H3. The summed E-state index contributed by atoms with van der Waals surface area (Å²) in [6, 6.07) is 2.91. The number of aromatic nitrogens is 3. The fourth-order valence-electron chi connectivity index (χ4n) is 2.94. The van der Waals surface area contributed by atoms with Crippen molar-refractivity contribution in [2.75, 3.05) is 19.0 Å². The minimum Gasteiger partial charge on any atom is -0.311 e. The highest BCUT2D eigenvalue weighted by Gasteiger charge is 2.27. The summed E-state index contributed by atoms with van der Waals surface area (Å²) in [6.45, 7) is 7.43. The van der Waals surface area contributed by atoms with Gasteiger partial charge in [0.2, 0.25) is 0 Å². The van der Waals surface area contributed by atoms with E-state index in [-0.39, 0.29) is 0 Å². The highest BCUT2D eigenvalue weighted by Crippen LogP contribution is 2.26. The van der Waals surface area contributed by atoms with Gasteiger partial charge in [0.15, 0.2) is 5.65 Å². The van der Waals surface area contributed by atoms with Crippen LogP contribution < -0.4 is 0 Å². The lowest BCUT2D eigenvalue weighted by Crippen LogP contribution is -2.29. The van der Waals surface area contributed by atoms with Gasteiger partial charge in [0.05, 0.1) is 0 Å². The van der Waals surface area contributed by atoms with Crippen molar-refractivity contribution in [2.45, 2.75) is 45.7 Å². The molecular weight excluding hydrogens is 284 g/mol. The normalized spacial score (nSPS) is 15.2. The Kier molecular flexibility index (Phi) is 4.45. The Morgan fingerprint density at radius 3 is 2.90 bits per heavy atom. The minimum atomic E-state index is 0.600. The highest BCUT2D eigenvalue weighted by atomic mass is 35.5. The van der Waals surface area contributed by atoms with E-state index >= 15 is 0 Å². The molecule has 4 nitrogen and oxygen atoms in total. The molecule has 3 rings (SSSR count). The molecule has 0 aliphatic heterocycles. The van der Waals surface area contributed by atoms with Gasteiger partial charge in [-0.25, -0.2) is 9.97 Å². The van der Waals surface area contributed by atoms with Crippen LogP contribution in [-0.2, 0) is 13.0 Å². The van der Waals surface area contributed by atoms with E-state index in [1.54, 1.807) is 0 Å². The largest absolute Gasteiger partial charge is 0.311 e. The highest BCUT2D eigenvalue weighted by molar-refractivity contribution is 6.17. The molecule has 0 saturated heterocycles. The third kappa shape index (κ3) is 3.22. The molecule has 0 spiro atoms. The molecule has 2 aromatic rings. The Balaban J connectivity index is 1.85. The maximum Gasteiger partial charge on any atom is 0.160 e. The fourth-order valence-corrected chi connectivity index (χ4v) is 3.10. The topological polar surface area (TPSA) is 34.0 Å². The average molecular weight is 307 g/mol. The second-order valence-corrected chi connectivity index (χ2v) is 6.21. The van der Waals surface area contributed by atoms with E-state index in [4.69, 9.17) is 16.6 Å². The maximum atomic E-state index is 5.93. The number of imidazole rings is 1. The zero-order chi connectivity index (χ0) is 14.8. The molecule has 21 heavy (non-hydrogen) atoms. The predicted molar refractivity (Wildman–Crippen MR) is 87.0 cm³/mol. The van der Waals surface area contributed by atoms with Crippen LogP contribution in [0.3, 0.4) is 0 Å². The number of hydrogen-bond acceptors (Lipinski definition) is 3. The number of rotatable bonds is 7. The van der Waals surface area contributed by atoms with Crippen molar-refractivity contribution in [3.8, 4) is 0 Å². The number of pyridine rings is 1. The molecule has 2 aromatic heterocycles. The molecule has 0 aromatic carbocycles. The predicted octanol–water partition coefficient (Wildman–Crippen LogP) is 3.01. The molecular formula is C16H23ClN4. The van der Waals surface area contributed by atoms with E-state index < -0.39 is 0 Å². The van der Waals surface area contributed by atoms with E-state index in [0.29, 0.717) is 5.88 Å². The number of alkyl halides is 1. The van der Waals surface area contributed by atoms with E-state index in [9.17, 15) is 0 Å². The zero-order valence-electron chi connectivity index (χ0n) is 12.8. The Labute approximate surface area is 131 Å². The Morgan fingerprint density at radius 2 is 2.24 bits per heavy atom. The molecule has 1 aliphatic carbocycles. The lowest BCUT2D eigenvalue weighted by molar-refractivity contribution is 0.266. The van der Waals surface area contributed by atoms with Crippen molar-refractivity contribution < 1.29 is 0 Å². The van der Waals surface area contributed by atoms with Gasteiger partial charge in [0, 0.05) is 37.6 Å². The van der Waals surface area contributed by atoms with Crippen LogP contribution in [0.15, 0.2) is 12.3 Å². The summed E-state index contributed by atoms with van der Waals surface area (Å²) in [7, 11) is 0. The summed E-state index contributed by atoms with van der Waals surface area (Å²) in [6.07, 6.45) is 5.42. The SMILES string of the molecule is CCN(CCn1c(CCCl)nc2cc(C)cnc21)C1CC1. The van der Waals surface area contributed by atoms with Crippen molar-refractivity contribution in [1.82, 2.24) is 19.4 Å². The first-order chi connectivity index (χ1) is 10.2. The maximum absolute atomic E-state index is 5.93. The van der Waals surface area contributed by atoms with Gasteiger partial charge >= 0.3 is 0 Å². The Bertz CT molecular complexity index is 618. The molecule has 5 heteroatoms. The number of likely N-dealkylation sites (N-methyl/N-ethyl adjacent to an activating group) is 1. The second-order valence-electron chi connectivity index (χ2n) is 5.83. The van der Waals surface area contributed by atoms with Gasteiger partial charge in [-0.15, -0.1) is 11.6 Å². The number of nitrogens with zero attached hydrogens (tertiary/aromatic N) is 4. The molecule has 0 amide bonds. The van der Waals surface area contributed by atoms with Crippen LogP contribution in [0.25, 0.3) is 11.2 Å². The van der Waals surface area contributed by atoms with E-state index in [2.05, 4.69) is 34.4 Å². The Hall–Kier alpha value is -1.13. The molecule has 1 fully saturated rings. The van der Waals surface area contributed by atoms with Crippen LogP contribution in [-0.4, -0.2) is 44.4 Å². The lowest BCUT2D eigenvalue weighted by Gasteiger charge is -2.20. The van der Waals surface area contributed by atoms with E-state index in [0.717, 1.165) is 54.6 Å². The van der Waals surface area contributed by atoms with E-state index in [1.807, 2.05) is 6.20 Å². The first-order valence-electron chi connectivity index (χ1n) is 7.84. The third-order valence-electron chi connectivity index (χ3n) is 4.20. The lowest BCUT2D eigenvalue weighted by atomic mass is 10.3. The van der Waals surface area contributed by atoms with E-state index in [1.165, 1.54) is 12.8 Å². The average Bonchev–Trinajstić information content (AvgIpc) is 3.24. The van der Waals surface area contributed by atoms with Crippen LogP contribution in [0, 0.1) is 6.92 Å². The van der Waals surface area contributed by atoms with Crippen LogP contribution >= 0.6 is 11.6 Å². The van der Waals surface area contributed by atoms with Crippen molar-refractivity contribution in [2.24, 2.45) is 0 Å². The summed E-state index contributed by atoms with van der Waals surface area (Å²) in [5, 5.41) is 0. The van der Waals surface area contributed by atoms with Crippen molar-refractivity contribution >= 4 is 22.8 Å². The summed E-state index contributed by atoms with van der Waals surface area (Å²) < 4.78 is 2.25. The summed E-state index contributed by atoms with van der Waals surface area (Å²) >= 11 is 5.93. The van der Waals surface area contributed by atoms with Crippen molar-refractivity contribution in [3.63, 3.8) is 0 Å². The first-order valence-corrected chi connectivity index (χ1v) is 8.38. The molecule has 114 valence electrons. The molecule has 2 heterocycles. The van der Waals surface area contributed by atoms with Gasteiger partial charge < -0.3 is 4.57 Å². The molecule has 0 N–H and O–H groups in total. The van der Waals surface area contributed by atoms with Crippen LogP contribution in [0.5, 0.6) is 0 Å². The number of hydrogen-bond donors (Lipinski definition) is 0. The quantitative estimate of drug-likeness (QED) is 0.737. The van der Waals surface area contributed by atoms with Crippen molar-refractivity contribution in [3.05, 3.63) is 23.7 Å². The van der Waals surface area contributed by atoms with Crippen LogP contribution in [0.4, 0.5) is 0 Å². The number of aryl methyl sites for hydroxylation is 2. The van der Waals surface area contributed by atoms with Gasteiger partial charge in [0.25, 0.3) is 0 Å². The van der Waals surface area contributed by atoms with Crippen LogP contribution in [0.2, 0.25) is 0 Å². The molecule has 1 aliphatic rings. The monoisotopic (exact) mass is 306 g/mol. The fraction of sp³-hybridized carbons (Fsp3) is 0.625. The van der Waals surface area contributed by atoms with Gasteiger partial charge in [-0.05, 0) is 37.9 Å². The smallest absolute Gasteiger partial charge is 0.160 e.